The van der Waals surface area contributed by atoms with Gasteiger partial charge in [0.2, 0.25) is 0 Å². The lowest BCUT2D eigenvalue weighted by atomic mass is 9.91. The smallest absolute Gasteiger partial charge is 0.183 e. The number of fused-ring (bicyclic) bond motifs is 1. The minimum absolute atomic E-state index is 0.338. The van der Waals surface area contributed by atoms with Crippen LogP contribution in [0.15, 0.2) is 16.3 Å². The van der Waals surface area contributed by atoms with Gasteiger partial charge in [-0.3, -0.25) is 4.99 Å². The predicted octanol–water partition coefficient (Wildman–Crippen LogP) is 2.78. The monoisotopic (exact) mass is 298 g/mol. The Morgan fingerprint density at radius 2 is 2.37 bits per heavy atom. The fourth-order valence-electron chi connectivity index (χ4n) is 2.90. The second kappa shape index (κ2) is 5.46. The molecule has 2 aliphatic rings. The molecule has 7 heteroatoms. The van der Waals surface area contributed by atoms with Crippen molar-refractivity contribution >= 4 is 35.0 Å². The fraction of sp³-hybridized carbons (Fsp3) is 0.583. The summed E-state index contributed by atoms with van der Waals surface area (Å²) in [5.41, 5.74) is 0. The van der Waals surface area contributed by atoms with Crippen molar-refractivity contribution in [3.05, 3.63) is 15.5 Å². The van der Waals surface area contributed by atoms with Gasteiger partial charge in [-0.1, -0.05) is 29.6 Å². The normalized spacial score (nSPS) is 26.8. The van der Waals surface area contributed by atoms with Gasteiger partial charge in [0.15, 0.2) is 4.47 Å². The van der Waals surface area contributed by atoms with E-state index in [4.69, 9.17) is 16.8 Å². The van der Waals surface area contributed by atoms with Gasteiger partial charge in [0, 0.05) is 11.1 Å². The fourth-order valence-corrected chi connectivity index (χ4v) is 3.88. The molecular weight excluding hydrogens is 284 g/mol. The van der Waals surface area contributed by atoms with Gasteiger partial charge in [-0.05, 0) is 12.8 Å². The van der Waals surface area contributed by atoms with Crippen LogP contribution in [-0.2, 0) is 6.54 Å². The lowest BCUT2D eigenvalue weighted by molar-refractivity contribution is 0.242. The van der Waals surface area contributed by atoms with Crippen LogP contribution in [0.4, 0.5) is 0 Å². The summed E-state index contributed by atoms with van der Waals surface area (Å²) in [5, 5.41) is 11.9. The highest BCUT2D eigenvalue weighted by atomic mass is 35.5. The molecular formula is C12H15ClN4OS. The van der Waals surface area contributed by atoms with Crippen LogP contribution in [0.1, 0.15) is 30.6 Å². The summed E-state index contributed by atoms with van der Waals surface area (Å²) >= 11 is 7.36. The quantitative estimate of drug-likeness (QED) is 0.530. The van der Waals surface area contributed by atoms with Crippen molar-refractivity contribution in [2.75, 3.05) is 0 Å². The number of thiazole rings is 1. The van der Waals surface area contributed by atoms with Gasteiger partial charge in [0.05, 0.1) is 18.6 Å². The van der Waals surface area contributed by atoms with Crippen molar-refractivity contribution in [3.8, 4) is 0 Å². The molecule has 1 aliphatic heterocycles. The van der Waals surface area contributed by atoms with Gasteiger partial charge >= 0.3 is 0 Å². The molecule has 1 N–H and O–H groups in total. The van der Waals surface area contributed by atoms with E-state index in [1.54, 1.807) is 6.20 Å². The number of aliphatic imine (C=N–C) groups is 1. The lowest BCUT2D eigenvalue weighted by Crippen LogP contribution is -2.41. The number of amidine groups is 1. The summed E-state index contributed by atoms with van der Waals surface area (Å²) in [7, 11) is 0. The number of nitrogens with zero attached hydrogens (tertiary/aromatic N) is 4. The van der Waals surface area contributed by atoms with Crippen molar-refractivity contribution < 1.29 is 5.21 Å². The van der Waals surface area contributed by atoms with Crippen LogP contribution in [-0.4, -0.2) is 39.2 Å². The number of oxime groups is 1. The second-order valence-electron chi connectivity index (χ2n) is 4.86. The number of hydrogen-bond acceptors (Lipinski definition) is 6. The van der Waals surface area contributed by atoms with Gasteiger partial charge in [-0.15, -0.1) is 11.3 Å². The van der Waals surface area contributed by atoms with E-state index >= 15 is 0 Å². The van der Waals surface area contributed by atoms with E-state index in [-0.39, 0.29) is 0 Å². The minimum atomic E-state index is 0.338. The first-order chi connectivity index (χ1) is 9.28. The average Bonchev–Trinajstić information content (AvgIpc) is 2.96. The Balaban J connectivity index is 1.81. The molecule has 1 aliphatic carbocycles. The van der Waals surface area contributed by atoms with E-state index in [0.29, 0.717) is 16.6 Å². The molecule has 2 atom stereocenters. The zero-order valence-corrected chi connectivity index (χ0v) is 11.9. The molecule has 0 spiro atoms. The van der Waals surface area contributed by atoms with Crippen LogP contribution in [0.25, 0.3) is 0 Å². The zero-order chi connectivity index (χ0) is 13.2. The molecule has 1 aromatic heterocycles. The molecule has 2 heterocycles. The minimum Gasteiger partial charge on any atom is -0.411 e. The molecule has 19 heavy (non-hydrogen) atoms. The highest BCUT2D eigenvalue weighted by molar-refractivity contribution is 7.15. The lowest BCUT2D eigenvalue weighted by Gasteiger charge is -2.32. The summed E-state index contributed by atoms with van der Waals surface area (Å²) in [6.07, 6.45) is 7.96. The van der Waals surface area contributed by atoms with Gasteiger partial charge in [-0.25, -0.2) is 4.98 Å². The first-order valence-electron chi connectivity index (χ1n) is 6.40. The third-order valence-electron chi connectivity index (χ3n) is 3.71. The summed E-state index contributed by atoms with van der Waals surface area (Å²) < 4.78 is 0.559. The maximum Gasteiger partial charge on any atom is 0.183 e. The Morgan fingerprint density at radius 1 is 1.53 bits per heavy atom. The average molecular weight is 299 g/mol. The Bertz CT molecular complexity index is 516. The third kappa shape index (κ3) is 2.60. The number of hydrogen-bond donors (Lipinski definition) is 1. The van der Waals surface area contributed by atoms with Crippen molar-refractivity contribution in [1.82, 2.24) is 9.88 Å². The van der Waals surface area contributed by atoms with Crippen molar-refractivity contribution in [1.29, 1.82) is 0 Å². The molecule has 1 aromatic rings. The molecule has 1 fully saturated rings. The van der Waals surface area contributed by atoms with E-state index in [0.717, 1.165) is 30.1 Å². The third-order valence-corrected chi connectivity index (χ3v) is 4.81. The van der Waals surface area contributed by atoms with E-state index in [2.05, 4.69) is 20.0 Å². The topological polar surface area (TPSA) is 61.1 Å². The molecule has 3 rings (SSSR count). The van der Waals surface area contributed by atoms with Crippen LogP contribution >= 0.6 is 22.9 Å². The SMILES string of the molecule is O/N=C/C1=NC2CCCCC2N1Cc1cnc(Cl)s1. The summed E-state index contributed by atoms with van der Waals surface area (Å²) in [6.45, 7) is 0.733. The van der Waals surface area contributed by atoms with E-state index in [1.807, 2.05) is 0 Å². The first-order valence-corrected chi connectivity index (χ1v) is 7.59. The van der Waals surface area contributed by atoms with Crippen LogP contribution in [0.5, 0.6) is 0 Å². The van der Waals surface area contributed by atoms with Gasteiger partial charge in [0.1, 0.15) is 12.1 Å². The van der Waals surface area contributed by atoms with Gasteiger partial charge in [0.25, 0.3) is 0 Å². The highest BCUT2D eigenvalue weighted by Gasteiger charge is 2.37. The maximum absolute atomic E-state index is 8.78. The molecule has 102 valence electrons. The number of aromatic nitrogens is 1. The molecule has 0 saturated heterocycles. The first kappa shape index (κ1) is 12.9. The molecule has 5 nitrogen and oxygen atoms in total. The number of halogens is 1. The number of rotatable bonds is 3. The molecule has 0 amide bonds. The van der Waals surface area contributed by atoms with Crippen molar-refractivity contribution in [2.45, 2.75) is 44.3 Å². The maximum atomic E-state index is 8.78. The second-order valence-corrected chi connectivity index (χ2v) is 6.56. The van der Waals surface area contributed by atoms with Gasteiger partial charge in [-0.2, -0.15) is 0 Å². The standard InChI is InChI=1S/C12H15ClN4OS/c13-12-14-5-8(19-12)7-17-10-4-2-1-3-9(10)16-11(17)6-15-18/h5-6,9-10,18H,1-4,7H2/b15-6+. The Labute approximate surface area is 120 Å². The van der Waals surface area contributed by atoms with E-state index < -0.39 is 0 Å². The molecule has 0 radical (unpaired) electrons. The molecule has 0 bridgehead atoms. The predicted molar refractivity (Wildman–Crippen MR) is 76.4 cm³/mol. The zero-order valence-electron chi connectivity index (χ0n) is 10.4. The Kier molecular flexibility index (Phi) is 3.70. The van der Waals surface area contributed by atoms with Crippen LogP contribution in [0.2, 0.25) is 4.47 Å². The Hall–Kier alpha value is -1.14. The van der Waals surface area contributed by atoms with E-state index in [9.17, 15) is 0 Å². The molecule has 0 aromatic carbocycles. The van der Waals surface area contributed by atoms with Crippen molar-refractivity contribution in [2.24, 2.45) is 10.1 Å². The van der Waals surface area contributed by atoms with Gasteiger partial charge < -0.3 is 10.1 Å². The van der Waals surface area contributed by atoms with Crippen LogP contribution in [0, 0.1) is 0 Å². The summed E-state index contributed by atoms with van der Waals surface area (Å²) in [6, 6.07) is 0.757. The van der Waals surface area contributed by atoms with Crippen molar-refractivity contribution in [3.63, 3.8) is 0 Å². The summed E-state index contributed by atoms with van der Waals surface area (Å²) in [5.74, 6) is 0.768. The van der Waals surface area contributed by atoms with Crippen LogP contribution in [0.3, 0.4) is 0 Å². The molecule has 2 unspecified atom stereocenters. The van der Waals surface area contributed by atoms with Crippen LogP contribution < -0.4 is 0 Å². The largest absolute Gasteiger partial charge is 0.411 e. The Morgan fingerprint density at radius 3 is 3.11 bits per heavy atom. The van der Waals surface area contributed by atoms with E-state index in [1.165, 1.54) is 30.4 Å². The summed E-state index contributed by atoms with van der Waals surface area (Å²) in [4.78, 5) is 12.1. The molecule has 1 saturated carbocycles. The highest BCUT2D eigenvalue weighted by Crippen LogP contribution is 2.32.